The Kier molecular flexibility index (Phi) is 8.83. The van der Waals surface area contributed by atoms with E-state index >= 15 is 0 Å². The Balaban J connectivity index is 1.64. The van der Waals surface area contributed by atoms with Crippen molar-refractivity contribution in [2.45, 2.75) is 26.1 Å². The number of amides is 2. The number of aromatic nitrogens is 3. The quantitative estimate of drug-likeness (QED) is 0.158. The molecule has 2 aromatic heterocycles. The number of halogens is 7. The first-order valence-electron chi connectivity index (χ1n) is 11.6. The summed E-state index contributed by atoms with van der Waals surface area (Å²) in [5, 5.41) is 8.31. The number of nitrogens with one attached hydrogen (secondary N) is 4. The fourth-order valence-electron chi connectivity index (χ4n) is 3.53. The van der Waals surface area contributed by atoms with E-state index in [0.29, 0.717) is 5.56 Å². The van der Waals surface area contributed by atoms with Gasteiger partial charge < -0.3 is 25.7 Å². The van der Waals surface area contributed by atoms with Gasteiger partial charge in [-0.05, 0) is 42.0 Å². The molecule has 0 unspecified atom stereocenters. The van der Waals surface area contributed by atoms with Gasteiger partial charge in [0.15, 0.2) is 12.3 Å². The maximum atomic E-state index is 13.0. The molecule has 0 bridgehead atoms. The summed E-state index contributed by atoms with van der Waals surface area (Å²) in [5.41, 5.74) is -0.254. The van der Waals surface area contributed by atoms with Crippen LogP contribution in [0.5, 0.6) is 5.88 Å². The van der Waals surface area contributed by atoms with E-state index in [1.54, 1.807) is 12.1 Å². The number of hydrogen-bond donors (Lipinski definition) is 4. The van der Waals surface area contributed by atoms with Gasteiger partial charge in [-0.2, -0.15) is 23.1 Å². The lowest BCUT2D eigenvalue weighted by Gasteiger charge is -2.12. The molecule has 2 aromatic carbocycles. The highest BCUT2D eigenvalue weighted by Gasteiger charge is 2.30. The molecular formula is C25H19Cl2F5N6O3. The SMILES string of the molecule is CC(=O)NCc1ccc(Cl)c(Nc2nc3nc(OCC(F)F)c(C(=O)Nc4ccc(C(F)(F)F)cc4)cc3[nH]2)c1Cl. The van der Waals surface area contributed by atoms with Crippen molar-refractivity contribution in [3.8, 4) is 5.88 Å². The third-order valence-electron chi connectivity index (χ3n) is 5.44. The molecule has 41 heavy (non-hydrogen) atoms. The number of rotatable bonds is 9. The minimum absolute atomic E-state index is 0.0123. The van der Waals surface area contributed by atoms with Crippen molar-refractivity contribution < 1.29 is 36.3 Å². The van der Waals surface area contributed by atoms with Crippen LogP contribution in [0, 0.1) is 0 Å². The van der Waals surface area contributed by atoms with E-state index in [4.69, 9.17) is 27.9 Å². The van der Waals surface area contributed by atoms with Gasteiger partial charge in [-0.25, -0.2) is 8.78 Å². The third-order valence-corrected chi connectivity index (χ3v) is 6.19. The van der Waals surface area contributed by atoms with Crippen molar-refractivity contribution in [1.29, 1.82) is 0 Å². The second kappa shape index (κ2) is 12.1. The second-order valence-corrected chi connectivity index (χ2v) is 9.24. The summed E-state index contributed by atoms with van der Waals surface area (Å²) in [5.74, 6) is -1.57. The van der Waals surface area contributed by atoms with Crippen molar-refractivity contribution in [3.63, 3.8) is 0 Å². The third kappa shape index (κ3) is 7.32. The standard InChI is InChI=1S/C25H19Cl2F5N6O3/c1-11(39)33-9-12-2-7-16(26)20(19(12)27)36-24-35-17-8-15(23(37-21(17)38-24)41-10-18(28)29)22(40)34-14-5-3-13(4-6-14)25(30,31)32/h2-8,18H,9-10H2,1H3,(H,33,39)(H,34,40)(H2,35,36,37,38). The van der Waals surface area contributed by atoms with Gasteiger partial charge in [-0.15, -0.1) is 0 Å². The van der Waals surface area contributed by atoms with Gasteiger partial charge in [0.25, 0.3) is 12.3 Å². The number of nitrogens with zero attached hydrogens (tertiary/aromatic N) is 2. The number of ether oxygens (including phenoxy) is 1. The first-order valence-corrected chi connectivity index (χ1v) is 12.4. The van der Waals surface area contributed by atoms with Gasteiger partial charge >= 0.3 is 6.18 Å². The van der Waals surface area contributed by atoms with E-state index in [-0.39, 0.29) is 56.5 Å². The normalized spacial score (nSPS) is 11.5. The number of fused-ring (bicyclic) bond motifs is 1. The van der Waals surface area contributed by atoms with Crippen LogP contribution >= 0.6 is 23.2 Å². The average molecular weight is 617 g/mol. The topological polar surface area (TPSA) is 121 Å². The van der Waals surface area contributed by atoms with Crippen molar-refractivity contribution >= 4 is 63.5 Å². The number of benzene rings is 2. The molecule has 2 amide bonds. The number of aromatic amines is 1. The largest absolute Gasteiger partial charge is 0.471 e. The summed E-state index contributed by atoms with van der Waals surface area (Å²) in [7, 11) is 0. The molecule has 0 saturated heterocycles. The first-order chi connectivity index (χ1) is 19.3. The molecule has 2 heterocycles. The Morgan fingerprint density at radius 1 is 1.07 bits per heavy atom. The van der Waals surface area contributed by atoms with Gasteiger partial charge in [0.1, 0.15) is 5.56 Å². The van der Waals surface area contributed by atoms with Gasteiger partial charge in [0.2, 0.25) is 17.7 Å². The molecule has 4 aromatic rings. The van der Waals surface area contributed by atoms with Crippen molar-refractivity contribution in [2.75, 3.05) is 17.2 Å². The van der Waals surface area contributed by atoms with Gasteiger partial charge in [-0.3, -0.25) is 9.59 Å². The lowest BCUT2D eigenvalue weighted by atomic mass is 10.2. The van der Waals surface area contributed by atoms with Gasteiger partial charge in [0, 0.05) is 19.2 Å². The summed E-state index contributed by atoms with van der Waals surface area (Å²) < 4.78 is 69.3. The molecule has 0 radical (unpaired) electrons. The molecule has 0 atom stereocenters. The van der Waals surface area contributed by atoms with E-state index in [0.717, 1.165) is 24.3 Å². The molecule has 16 heteroatoms. The lowest BCUT2D eigenvalue weighted by molar-refractivity contribution is -0.137. The Morgan fingerprint density at radius 2 is 1.78 bits per heavy atom. The summed E-state index contributed by atoms with van der Waals surface area (Å²) >= 11 is 12.7. The molecule has 0 aliphatic heterocycles. The molecule has 9 nitrogen and oxygen atoms in total. The highest BCUT2D eigenvalue weighted by atomic mass is 35.5. The Bertz CT molecular complexity index is 1600. The van der Waals surface area contributed by atoms with Crippen LogP contribution in [0.3, 0.4) is 0 Å². The molecule has 0 aliphatic rings. The number of carbonyl (C=O) groups excluding carboxylic acids is 2. The molecule has 216 valence electrons. The van der Waals surface area contributed by atoms with Crippen LogP contribution < -0.4 is 20.7 Å². The number of carbonyl (C=O) groups is 2. The number of pyridine rings is 1. The molecule has 4 rings (SSSR count). The summed E-state index contributed by atoms with van der Waals surface area (Å²) in [6.45, 7) is 0.395. The van der Waals surface area contributed by atoms with Crippen LogP contribution in [0.25, 0.3) is 11.2 Å². The average Bonchev–Trinajstić information content (AvgIpc) is 3.29. The number of anilines is 3. The zero-order valence-electron chi connectivity index (χ0n) is 20.8. The first kappa shape index (κ1) is 29.8. The van der Waals surface area contributed by atoms with E-state index in [9.17, 15) is 31.5 Å². The van der Waals surface area contributed by atoms with Crippen LogP contribution in [0.4, 0.5) is 39.3 Å². The second-order valence-electron chi connectivity index (χ2n) is 8.46. The highest BCUT2D eigenvalue weighted by Crippen LogP contribution is 2.36. The fourth-order valence-corrected chi connectivity index (χ4v) is 4.06. The van der Waals surface area contributed by atoms with Crippen LogP contribution in [-0.4, -0.2) is 39.8 Å². The van der Waals surface area contributed by atoms with Gasteiger partial charge in [-0.1, -0.05) is 29.3 Å². The fraction of sp³-hybridized carbons (Fsp3) is 0.200. The number of alkyl halides is 5. The molecule has 0 saturated carbocycles. The van der Waals surface area contributed by atoms with Crippen molar-refractivity contribution in [2.24, 2.45) is 0 Å². The summed E-state index contributed by atoms with van der Waals surface area (Å²) in [4.78, 5) is 35.4. The molecule has 0 spiro atoms. The maximum absolute atomic E-state index is 13.0. The zero-order chi connectivity index (χ0) is 29.9. The molecular weight excluding hydrogens is 598 g/mol. The van der Waals surface area contributed by atoms with Crippen LogP contribution in [0.2, 0.25) is 10.0 Å². The Labute approximate surface area is 238 Å². The van der Waals surface area contributed by atoms with E-state index in [2.05, 4.69) is 30.9 Å². The lowest BCUT2D eigenvalue weighted by Crippen LogP contribution is -2.19. The van der Waals surface area contributed by atoms with E-state index < -0.39 is 36.6 Å². The highest BCUT2D eigenvalue weighted by molar-refractivity contribution is 6.39. The predicted octanol–water partition coefficient (Wildman–Crippen LogP) is 6.56. The van der Waals surface area contributed by atoms with Crippen LogP contribution in [0.1, 0.15) is 28.4 Å². The Hall–Kier alpha value is -4.17. The van der Waals surface area contributed by atoms with Gasteiger partial charge in [0.05, 0.1) is 26.8 Å². The minimum atomic E-state index is -4.57. The monoisotopic (exact) mass is 616 g/mol. The zero-order valence-corrected chi connectivity index (χ0v) is 22.3. The maximum Gasteiger partial charge on any atom is 0.416 e. The van der Waals surface area contributed by atoms with E-state index in [1.807, 2.05) is 0 Å². The molecule has 0 fully saturated rings. The number of H-pyrrole nitrogens is 1. The molecule has 4 N–H and O–H groups in total. The van der Waals surface area contributed by atoms with Crippen molar-refractivity contribution in [3.05, 3.63) is 69.2 Å². The Morgan fingerprint density at radius 3 is 2.41 bits per heavy atom. The predicted molar refractivity (Wildman–Crippen MR) is 142 cm³/mol. The smallest absolute Gasteiger partial charge is 0.416 e. The van der Waals surface area contributed by atoms with Crippen LogP contribution in [-0.2, 0) is 17.5 Å². The molecule has 0 aliphatic carbocycles. The number of imidazole rings is 1. The minimum Gasteiger partial charge on any atom is -0.471 e. The summed E-state index contributed by atoms with van der Waals surface area (Å²) in [6.07, 6.45) is -7.45. The number of hydrogen-bond acceptors (Lipinski definition) is 6. The van der Waals surface area contributed by atoms with Crippen LogP contribution in [0.15, 0.2) is 42.5 Å². The van der Waals surface area contributed by atoms with E-state index in [1.165, 1.54) is 13.0 Å². The van der Waals surface area contributed by atoms with Crippen molar-refractivity contribution in [1.82, 2.24) is 20.3 Å². The summed E-state index contributed by atoms with van der Waals surface area (Å²) in [6, 6.07) is 8.04.